The fraction of sp³-hybridized carbons (Fsp3) is 0.765. The van der Waals surface area contributed by atoms with Gasteiger partial charge in [0.05, 0.1) is 6.61 Å². The van der Waals surface area contributed by atoms with E-state index in [2.05, 4.69) is 50.3 Å². The lowest BCUT2D eigenvalue weighted by atomic mass is 10.1. The van der Waals surface area contributed by atoms with Crippen molar-refractivity contribution in [3.63, 3.8) is 0 Å². The Balaban J connectivity index is 3.64. The second kappa shape index (κ2) is 30.7. The van der Waals surface area contributed by atoms with Gasteiger partial charge in [-0.1, -0.05) is 115 Å². The van der Waals surface area contributed by atoms with Gasteiger partial charge in [-0.15, -0.1) is 0 Å². The zero-order valence-electron chi connectivity index (χ0n) is 25.4. The number of rotatable bonds is 28. The molecule has 0 radical (unpaired) electrons. The molecule has 1 N–H and O–H groups in total. The van der Waals surface area contributed by atoms with Crippen molar-refractivity contribution in [2.45, 2.75) is 155 Å². The molecule has 0 unspecified atom stereocenters. The molecule has 0 aliphatic heterocycles. The van der Waals surface area contributed by atoms with Crippen LogP contribution in [0.15, 0.2) is 36.5 Å². The molecule has 0 rings (SSSR count). The molecule has 0 aromatic heterocycles. The molecule has 0 fully saturated rings. The fourth-order valence-electron chi connectivity index (χ4n) is 4.14. The van der Waals surface area contributed by atoms with Crippen LogP contribution in [0.25, 0.3) is 0 Å². The van der Waals surface area contributed by atoms with Gasteiger partial charge in [0.1, 0.15) is 6.61 Å². The van der Waals surface area contributed by atoms with Crippen molar-refractivity contribution in [3.8, 4) is 0 Å². The lowest BCUT2D eigenvalue weighted by molar-refractivity contribution is -0.161. The van der Waals surface area contributed by atoms with Gasteiger partial charge in [0, 0.05) is 12.8 Å². The molecule has 0 aliphatic carbocycles. The van der Waals surface area contributed by atoms with Gasteiger partial charge in [-0.25, -0.2) is 0 Å². The van der Waals surface area contributed by atoms with Crippen molar-refractivity contribution in [2.75, 3.05) is 13.2 Å². The van der Waals surface area contributed by atoms with Gasteiger partial charge in [0.25, 0.3) is 0 Å². The van der Waals surface area contributed by atoms with Crippen LogP contribution >= 0.6 is 0 Å². The summed E-state index contributed by atoms with van der Waals surface area (Å²) in [6, 6.07) is 0. The summed E-state index contributed by atoms with van der Waals surface area (Å²) in [7, 11) is 0. The first-order chi connectivity index (χ1) is 19.1. The summed E-state index contributed by atoms with van der Waals surface area (Å²) in [5.74, 6) is -0.623. The van der Waals surface area contributed by atoms with E-state index in [-0.39, 0.29) is 25.2 Å². The van der Waals surface area contributed by atoms with Gasteiger partial charge in [-0.3, -0.25) is 9.59 Å². The monoisotopic (exact) mass is 548 g/mol. The molecule has 0 bridgehead atoms. The molecule has 226 valence electrons. The number of esters is 2. The predicted molar refractivity (Wildman–Crippen MR) is 164 cm³/mol. The van der Waals surface area contributed by atoms with Crippen LogP contribution in [0.1, 0.15) is 149 Å². The first-order valence-corrected chi connectivity index (χ1v) is 16.0. The van der Waals surface area contributed by atoms with E-state index in [1.54, 1.807) is 0 Å². The first-order valence-electron chi connectivity index (χ1n) is 16.0. The summed E-state index contributed by atoms with van der Waals surface area (Å²) < 4.78 is 10.5. The van der Waals surface area contributed by atoms with Crippen molar-refractivity contribution in [3.05, 3.63) is 36.5 Å². The molecule has 0 amide bonds. The van der Waals surface area contributed by atoms with E-state index in [1.165, 1.54) is 57.8 Å². The van der Waals surface area contributed by atoms with Gasteiger partial charge in [-0.05, 0) is 57.8 Å². The van der Waals surface area contributed by atoms with Crippen molar-refractivity contribution < 1.29 is 24.2 Å². The number of allylic oxidation sites excluding steroid dienone is 6. The fourth-order valence-corrected chi connectivity index (χ4v) is 4.14. The van der Waals surface area contributed by atoms with Gasteiger partial charge >= 0.3 is 11.9 Å². The van der Waals surface area contributed by atoms with Gasteiger partial charge in [0.15, 0.2) is 6.10 Å². The first kappa shape index (κ1) is 37.1. The second-order valence-corrected chi connectivity index (χ2v) is 10.5. The Bertz CT molecular complexity index is 637. The molecule has 0 heterocycles. The van der Waals surface area contributed by atoms with Crippen molar-refractivity contribution in [2.24, 2.45) is 0 Å². The number of hydrogen-bond acceptors (Lipinski definition) is 5. The van der Waals surface area contributed by atoms with Crippen LogP contribution in [0, 0.1) is 0 Å². The molecule has 0 saturated heterocycles. The number of aliphatic hydroxyl groups is 1. The minimum absolute atomic E-state index is 0.0759. The minimum Gasteiger partial charge on any atom is -0.462 e. The summed E-state index contributed by atoms with van der Waals surface area (Å²) in [6.07, 6.45) is 34.8. The quantitative estimate of drug-likeness (QED) is 0.0599. The highest BCUT2D eigenvalue weighted by atomic mass is 16.6. The molecule has 0 spiro atoms. The standard InChI is InChI=1S/C34H60O5/c1-3-5-7-9-11-13-15-16-17-19-21-23-25-27-29-34(37)39-32(30-35)31-38-33(36)28-26-24-22-20-18-14-12-10-8-6-4-2/h9-12,15-16,32,35H,3-8,13-14,17-31H2,1-2H3/b11-9+,12-10+,16-15+/t32-/m0/s1. The average molecular weight is 549 g/mol. The third kappa shape index (κ3) is 28.9. The van der Waals surface area contributed by atoms with Crippen LogP contribution in [-0.2, 0) is 19.1 Å². The topological polar surface area (TPSA) is 72.8 Å². The van der Waals surface area contributed by atoms with Crippen LogP contribution in [-0.4, -0.2) is 36.4 Å². The highest BCUT2D eigenvalue weighted by molar-refractivity contribution is 5.70. The highest BCUT2D eigenvalue weighted by Crippen LogP contribution is 2.11. The Morgan fingerprint density at radius 3 is 1.54 bits per heavy atom. The third-order valence-corrected chi connectivity index (χ3v) is 6.66. The van der Waals surface area contributed by atoms with E-state index in [1.807, 2.05) is 0 Å². The van der Waals surface area contributed by atoms with Gasteiger partial charge < -0.3 is 14.6 Å². The van der Waals surface area contributed by atoms with Crippen LogP contribution in [0.5, 0.6) is 0 Å². The smallest absolute Gasteiger partial charge is 0.306 e. The second-order valence-electron chi connectivity index (χ2n) is 10.5. The molecule has 5 nitrogen and oxygen atoms in total. The van der Waals surface area contributed by atoms with E-state index in [0.717, 1.165) is 64.2 Å². The molecule has 0 aliphatic rings. The zero-order valence-corrected chi connectivity index (χ0v) is 25.4. The molecule has 1 atom stereocenters. The Hall–Kier alpha value is -1.88. The Labute approximate surface area is 240 Å². The molecule has 5 heteroatoms. The number of ether oxygens (including phenoxy) is 2. The summed E-state index contributed by atoms with van der Waals surface area (Å²) in [6.45, 7) is 4.01. The summed E-state index contributed by atoms with van der Waals surface area (Å²) >= 11 is 0. The van der Waals surface area contributed by atoms with Gasteiger partial charge in [0.2, 0.25) is 0 Å². The molecule has 0 aromatic rings. The van der Waals surface area contributed by atoms with Crippen molar-refractivity contribution >= 4 is 11.9 Å². The Morgan fingerprint density at radius 1 is 0.590 bits per heavy atom. The number of aliphatic hydroxyl groups excluding tert-OH is 1. The molecule has 0 aromatic carbocycles. The molecular weight excluding hydrogens is 488 g/mol. The van der Waals surface area contributed by atoms with Gasteiger partial charge in [-0.2, -0.15) is 0 Å². The van der Waals surface area contributed by atoms with Crippen LogP contribution in [0.4, 0.5) is 0 Å². The summed E-state index contributed by atoms with van der Waals surface area (Å²) in [5, 5.41) is 9.48. The number of unbranched alkanes of at least 4 members (excludes halogenated alkanes) is 14. The minimum atomic E-state index is -0.778. The normalized spacial score (nSPS) is 12.6. The van der Waals surface area contributed by atoms with Crippen molar-refractivity contribution in [1.29, 1.82) is 0 Å². The van der Waals surface area contributed by atoms with Crippen LogP contribution < -0.4 is 0 Å². The maximum atomic E-state index is 12.1. The van der Waals surface area contributed by atoms with E-state index in [0.29, 0.717) is 12.8 Å². The average Bonchev–Trinajstić information content (AvgIpc) is 2.94. The Kier molecular flexibility index (Phi) is 29.2. The maximum Gasteiger partial charge on any atom is 0.306 e. The van der Waals surface area contributed by atoms with Crippen LogP contribution in [0.3, 0.4) is 0 Å². The van der Waals surface area contributed by atoms with E-state index < -0.39 is 6.10 Å². The number of hydrogen-bond donors (Lipinski definition) is 1. The highest BCUT2D eigenvalue weighted by Gasteiger charge is 2.16. The SMILES string of the molecule is CCCC/C=C/C/C=C/CCCCCCCC(=O)O[C@@H](CO)COC(=O)CCCCCCC/C=C/CCCC. The van der Waals surface area contributed by atoms with Crippen molar-refractivity contribution in [1.82, 2.24) is 0 Å². The molecular formula is C34H60O5. The number of carbonyl (C=O) groups is 2. The van der Waals surface area contributed by atoms with Crippen LogP contribution in [0.2, 0.25) is 0 Å². The lowest BCUT2D eigenvalue weighted by Gasteiger charge is -2.15. The van der Waals surface area contributed by atoms with E-state index in [4.69, 9.17) is 9.47 Å². The lowest BCUT2D eigenvalue weighted by Crippen LogP contribution is -2.28. The summed E-state index contributed by atoms with van der Waals surface area (Å²) in [4.78, 5) is 24.0. The predicted octanol–water partition coefficient (Wildman–Crippen LogP) is 9.33. The molecule has 39 heavy (non-hydrogen) atoms. The molecule has 0 saturated carbocycles. The maximum absolute atomic E-state index is 12.1. The summed E-state index contributed by atoms with van der Waals surface area (Å²) in [5.41, 5.74) is 0. The van der Waals surface area contributed by atoms with E-state index >= 15 is 0 Å². The number of carbonyl (C=O) groups excluding carboxylic acids is 2. The largest absolute Gasteiger partial charge is 0.462 e. The zero-order chi connectivity index (χ0) is 28.7. The van der Waals surface area contributed by atoms with E-state index in [9.17, 15) is 14.7 Å². The third-order valence-electron chi connectivity index (χ3n) is 6.66. The Morgan fingerprint density at radius 2 is 1.03 bits per heavy atom.